The first-order valence-electron chi connectivity index (χ1n) is 9.17. The van der Waals surface area contributed by atoms with Gasteiger partial charge in [0.2, 0.25) is 0 Å². The third-order valence-electron chi connectivity index (χ3n) is 4.54. The number of carbonyl (C=O) groups is 1. The molecule has 1 aliphatic rings. The molecule has 3 aromatic heterocycles. The molecule has 142 valence electrons. The number of anilines is 3. The van der Waals surface area contributed by atoms with Gasteiger partial charge in [-0.05, 0) is 31.2 Å². The third kappa shape index (κ3) is 4.06. The van der Waals surface area contributed by atoms with E-state index in [0.717, 1.165) is 11.6 Å². The smallest absolute Gasteiger partial charge is 0.255 e. The van der Waals surface area contributed by atoms with Gasteiger partial charge in [-0.2, -0.15) is 0 Å². The quantitative estimate of drug-likeness (QED) is 0.748. The molecular weight excluding hydrogens is 354 g/mol. The summed E-state index contributed by atoms with van der Waals surface area (Å²) < 4.78 is 0. The number of pyridine rings is 2. The zero-order chi connectivity index (χ0) is 19.3. The molecule has 28 heavy (non-hydrogen) atoms. The highest BCUT2D eigenvalue weighted by atomic mass is 16.2. The normalized spacial score (nSPS) is 14.0. The molecule has 4 heterocycles. The highest BCUT2D eigenvalue weighted by Crippen LogP contribution is 2.20. The average Bonchev–Trinajstić information content (AvgIpc) is 2.74. The molecule has 3 aromatic rings. The Morgan fingerprint density at radius 3 is 2.57 bits per heavy atom. The van der Waals surface area contributed by atoms with Gasteiger partial charge in [0.25, 0.3) is 5.91 Å². The largest absolute Gasteiger partial charge is 0.353 e. The van der Waals surface area contributed by atoms with Crippen molar-refractivity contribution in [3.05, 3.63) is 66.4 Å². The summed E-state index contributed by atoms with van der Waals surface area (Å²) >= 11 is 0. The van der Waals surface area contributed by atoms with Crippen LogP contribution in [0.15, 0.2) is 55.0 Å². The molecule has 0 aromatic carbocycles. The molecule has 0 aliphatic carbocycles. The van der Waals surface area contributed by atoms with Crippen LogP contribution in [0.2, 0.25) is 0 Å². The number of nitrogens with zero attached hydrogens (tertiary/aromatic N) is 6. The molecule has 0 bridgehead atoms. The first kappa shape index (κ1) is 17.8. The molecule has 0 spiro atoms. The number of aryl methyl sites for hydroxylation is 1. The minimum atomic E-state index is 0.0177. The summed E-state index contributed by atoms with van der Waals surface area (Å²) in [6.07, 6.45) is 5.01. The third-order valence-corrected chi connectivity index (χ3v) is 4.54. The lowest BCUT2D eigenvalue weighted by atomic mass is 10.2. The summed E-state index contributed by atoms with van der Waals surface area (Å²) in [7, 11) is 0. The number of piperazine rings is 1. The highest BCUT2D eigenvalue weighted by molar-refractivity contribution is 5.94. The minimum Gasteiger partial charge on any atom is -0.353 e. The van der Waals surface area contributed by atoms with Gasteiger partial charge in [-0.3, -0.25) is 9.78 Å². The van der Waals surface area contributed by atoms with Crippen molar-refractivity contribution in [1.82, 2.24) is 24.8 Å². The van der Waals surface area contributed by atoms with Gasteiger partial charge in [-0.15, -0.1) is 0 Å². The molecule has 8 heteroatoms. The Morgan fingerprint density at radius 2 is 1.86 bits per heavy atom. The zero-order valence-electron chi connectivity index (χ0n) is 15.6. The van der Waals surface area contributed by atoms with Crippen LogP contribution < -0.4 is 10.2 Å². The SMILES string of the molecule is Cc1nc(Nc2ccccn2)cc(N2CCN(C(=O)c3cccnc3)CC2)n1. The van der Waals surface area contributed by atoms with Gasteiger partial charge in [0, 0.05) is 50.8 Å². The molecule has 8 nitrogen and oxygen atoms in total. The van der Waals surface area contributed by atoms with Crippen LogP contribution in [-0.4, -0.2) is 56.9 Å². The maximum absolute atomic E-state index is 12.6. The van der Waals surface area contributed by atoms with Crippen molar-refractivity contribution in [3.63, 3.8) is 0 Å². The predicted octanol–water partition coefficient (Wildman–Crippen LogP) is 2.28. The van der Waals surface area contributed by atoms with E-state index in [-0.39, 0.29) is 5.91 Å². The summed E-state index contributed by atoms with van der Waals surface area (Å²) in [5.74, 6) is 2.99. The summed E-state index contributed by atoms with van der Waals surface area (Å²) in [5, 5.41) is 3.21. The van der Waals surface area contributed by atoms with E-state index in [9.17, 15) is 4.79 Å². The maximum Gasteiger partial charge on any atom is 0.255 e. The van der Waals surface area contributed by atoms with Crippen LogP contribution in [0.25, 0.3) is 0 Å². The number of carbonyl (C=O) groups excluding carboxylic acids is 1. The minimum absolute atomic E-state index is 0.0177. The zero-order valence-corrected chi connectivity index (χ0v) is 15.6. The Morgan fingerprint density at radius 1 is 1.00 bits per heavy atom. The molecule has 1 amide bonds. The Kier molecular flexibility index (Phi) is 5.09. The van der Waals surface area contributed by atoms with Crippen LogP contribution in [0.1, 0.15) is 16.2 Å². The van der Waals surface area contributed by atoms with Gasteiger partial charge in [0.05, 0.1) is 5.56 Å². The van der Waals surface area contributed by atoms with E-state index >= 15 is 0 Å². The molecule has 1 aliphatic heterocycles. The molecule has 0 radical (unpaired) electrons. The second-order valence-electron chi connectivity index (χ2n) is 6.52. The molecule has 4 rings (SSSR count). The van der Waals surface area contributed by atoms with E-state index in [1.165, 1.54) is 0 Å². The fraction of sp³-hybridized carbons (Fsp3) is 0.250. The predicted molar refractivity (Wildman–Crippen MR) is 107 cm³/mol. The Hall–Kier alpha value is -3.55. The maximum atomic E-state index is 12.6. The van der Waals surface area contributed by atoms with E-state index < -0.39 is 0 Å². The lowest BCUT2D eigenvalue weighted by Gasteiger charge is -2.35. The standard InChI is InChI=1S/C20H21N7O/c1-15-23-18(25-17-6-2-3-8-22-17)13-19(24-15)26-9-11-27(12-10-26)20(28)16-5-4-7-21-14-16/h2-8,13-14H,9-12H2,1H3,(H,22,23,24,25). The fourth-order valence-electron chi connectivity index (χ4n) is 3.16. The van der Waals surface area contributed by atoms with Crippen molar-refractivity contribution in [1.29, 1.82) is 0 Å². The van der Waals surface area contributed by atoms with Crippen LogP contribution in [0.5, 0.6) is 0 Å². The molecule has 1 saturated heterocycles. The van der Waals surface area contributed by atoms with E-state index in [1.807, 2.05) is 36.1 Å². The molecule has 0 saturated carbocycles. The molecule has 1 fully saturated rings. The number of amides is 1. The van der Waals surface area contributed by atoms with Crippen molar-refractivity contribution in [2.45, 2.75) is 6.92 Å². The summed E-state index contributed by atoms with van der Waals surface area (Å²) in [4.78, 5) is 33.9. The van der Waals surface area contributed by atoms with Crippen LogP contribution in [0.3, 0.4) is 0 Å². The van der Waals surface area contributed by atoms with Crippen molar-refractivity contribution < 1.29 is 4.79 Å². The van der Waals surface area contributed by atoms with E-state index in [1.54, 1.807) is 30.7 Å². The summed E-state index contributed by atoms with van der Waals surface area (Å²) in [6.45, 7) is 4.58. The van der Waals surface area contributed by atoms with Crippen molar-refractivity contribution >= 4 is 23.4 Å². The number of hydrogen-bond donors (Lipinski definition) is 1. The monoisotopic (exact) mass is 375 g/mol. The summed E-state index contributed by atoms with van der Waals surface area (Å²) in [6, 6.07) is 11.2. The van der Waals surface area contributed by atoms with Gasteiger partial charge in [-0.25, -0.2) is 15.0 Å². The van der Waals surface area contributed by atoms with Gasteiger partial charge in [0.1, 0.15) is 23.3 Å². The Bertz CT molecular complexity index is 941. The first-order chi connectivity index (χ1) is 13.7. The lowest BCUT2D eigenvalue weighted by Crippen LogP contribution is -2.49. The van der Waals surface area contributed by atoms with Crippen LogP contribution in [0.4, 0.5) is 17.5 Å². The fourth-order valence-corrected chi connectivity index (χ4v) is 3.16. The second kappa shape index (κ2) is 7.99. The van der Waals surface area contributed by atoms with E-state index in [2.05, 4.69) is 30.2 Å². The lowest BCUT2D eigenvalue weighted by molar-refractivity contribution is 0.0746. The molecule has 1 N–H and O–H groups in total. The summed E-state index contributed by atoms with van der Waals surface area (Å²) in [5.41, 5.74) is 0.621. The second-order valence-corrected chi connectivity index (χ2v) is 6.52. The molecule has 0 atom stereocenters. The Balaban J connectivity index is 1.44. The van der Waals surface area contributed by atoms with E-state index in [4.69, 9.17) is 0 Å². The van der Waals surface area contributed by atoms with Crippen LogP contribution in [-0.2, 0) is 0 Å². The number of hydrogen-bond acceptors (Lipinski definition) is 7. The van der Waals surface area contributed by atoms with Crippen molar-refractivity contribution in [3.8, 4) is 0 Å². The van der Waals surface area contributed by atoms with Gasteiger partial charge in [0.15, 0.2) is 0 Å². The number of nitrogens with one attached hydrogen (secondary N) is 1. The van der Waals surface area contributed by atoms with Crippen LogP contribution >= 0.6 is 0 Å². The number of aromatic nitrogens is 4. The van der Waals surface area contributed by atoms with Gasteiger partial charge >= 0.3 is 0 Å². The number of rotatable bonds is 4. The van der Waals surface area contributed by atoms with Gasteiger partial charge in [-0.1, -0.05) is 6.07 Å². The Labute approximate surface area is 163 Å². The van der Waals surface area contributed by atoms with Crippen molar-refractivity contribution in [2.24, 2.45) is 0 Å². The van der Waals surface area contributed by atoms with Gasteiger partial charge < -0.3 is 15.1 Å². The van der Waals surface area contributed by atoms with Crippen molar-refractivity contribution in [2.75, 3.05) is 36.4 Å². The molecular formula is C20H21N7O. The van der Waals surface area contributed by atoms with E-state index in [0.29, 0.717) is 43.4 Å². The average molecular weight is 375 g/mol. The highest BCUT2D eigenvalue weighted by Gasteiger charge is 2.23. The topological polar surface area (TPSA) is 87.1 Å². The van der Waals surface area contributed by atoms with Crippen LogP contribution in [0, 0.1) is 6.92 Å². The molecule has 0 unspecified atom stereocenters. The first-order valence-corrected chi connectivity index (χ1v) is 9.17.